The normalized spacial score (nSPS) is 12.3. The van der Waals surface area contributed by atoms with Crippen molar-refractivity contribution in [1.29, 1.82) is 0 Å². The van der Waals surface area contributed by atoms with E-state index < -0.39 is 11.6 Å². The van der Waals surface area contributed by atoms with E-state index in [2.05, 4.69) is 5.32 Å². The minimum absolute atomic E-state index is 0.105. The number of halogens is 3. The molecule has 2 rings (SSSR count). The first-order chi connectivity index (χ1) is 9.92. The van der Waals surface area contributed by atoms with Crippen LogP contribution in [-0.2, 0) is 0 Å². The lowest BCUT2D eigenvalue weighted by Crippen LogP contribution is -2.14. The Balaban J connectivity index is 2.45. The smallest absolute Gasteiger partial charge is 0.168 e. The van der Waals surface area contributed by atoms with Crippen molar-refractivity contribution >= 4 is 0 Å². The highest BCUT2D eigenvalue weighted by Gasteiger charge is 2.16. The summed E-state index contributed by atoms with van der Waals surface area (Å²) in [6.45, 7) is 3.43. The van der Waals surface area contributed by atoms with E-state index in [1.54, 1.807) is 14.0 Å². The number of hydrogen-bond donors (Lipinski definition) is 1. The molecule has 0 bridgehead atoms. The minimum atomic E-state index is -0.806. The van der Waals surface area contributed by atoms with Gasteiger partial charge in [-0.3, -0.25) is 0 Å². The van der Waals surface area contributed by atoms with Gasteiger partial charge in [-0.25, -0.2) is 13.2 Å². The van der Waals surface area contributed by atoms with Crippen molar-refractivity contribution in [2.75, 3.05) is 7.05 Å². The molecule has 5 heteroatoms. The molecule has 0 radical (unpaired) electrons. The van der Waals surface area contributed by atoms with E-state index in [-0.39, 0.29) is 17.6 Å². The molecule has 0 aliphatic rings. The van der Waals surface area contributed by atoms with Gasteiger partial charge in [-0.1, -0.05) is 0 Å². The van der Waals surface area contributed by atoms with Gasteiger partial charge in [0.05, 0.1) is 0 Å². The molecule has 0 aliphatic carbocycles. The average Bonchev–Trinajstić information content (AvgIpc) is 2.44. The van der Waals surface area contributed by atoms with Crippen molar-refractivity contribution in [2.45, 2.75) is 19.9 Å². The van der Waals surface area contributed by atoms with Gasteiger partial charge in [-0.05, 0) is 50.7 Å². The van der Waals surface area contributed by atoms with Gasteiger partial charge in [0, 0.05) is 17.7 Å². The molecule has 1 unspecified atom stereocenters. The monoisotopic (exact) mass is 295 g/mol. The van der Waals surface area contributed by atoms with E-state index in [1.807, 2.05) is 6.92 Å². The molecule has 0 saturated heterocycles. The maximum Gasteiger partial charge on any atom is 0.168 e. The van der Waals surface area contributed by atoms with Crippen LogP contribution in [0.1, 0.15) is 24.1 Å². The molecule has 1 N–H and O–H groups in total. The molecule has 2 nitrogen and oxygen atoms in total. The molecular formula is C16H16F3NO. The van der Waals surface area contributed by atoms with Crippen molar-refractivity contribution in [2.24, 2.45) is 0 Å². The van der Waals surface area contributed by atoms with Crippen LogP contribution in [0.5, 0.6) is 11.5 Å². The lowest BCUT2D eigenvalue weighted by atomic mass is 10.0. The fourth-order valence-corrected chi connectivity index (χ4v) is 1.93. The number of hydrogen-bond acceptors (Lipinski definition) is 2. The van der Waals surface area contributed by atoms with E-state index in [4.69, 9.17) is 4.74 Å². The Labute approximate surface area is 121 Å². The molecule has 2 aromatic rings. The van der Waals surface area contributed by atoms with Crippen LogP contribution < -0.4 is 10.1 Å². The number of benzene rings is 2. The predicted molar refractivity (Wildman–Crippen MR) is 75.0 cm³/mol. The summed E-state index contributed by atoms with van der Waals surface area (Å²) >= 11 is 0. The molecule has 112 valence electrons. The third kappa shape index (κ3) is 3.36. The van der Waals surface area contributed by atoms with Crippen LogP contribution in [0, 0.1) is 24.4 Å². The van der Waals surface area contributed by atoms with Gasteiger partial charge in [-0.2, -0.15) is 0 Å². The Kier molecular flexibility index (Phi) is 4.53. The first kappa shape index (κ1) is 15.4. The SMILES string of the molecule is CNC(C)c1cc(F)c(C)cc1Oc1ccc(F)cc1F. The zero-order chi connectivity index (χ0) is 15.6. The standard InChI is InChI=1S/C16H16F3NO/c1-9-6-16(12(8-13(9)18)10(2)20-3)21-15-5-4-11(17)7-14(15)19/h4-8,10,20H,1-3H3. The van der Waals surface area contributed by atoms with Gasteiger partial charge in [0.1, 0.15) is 17.4 Å². The van der Waals surface area contributed by atoms with Crippen LogP contribution in [0.2, 0.25) is 0 Å². The van der Waals surface area contributed by atoms with Crippen molar-refractivity contribution in [3.05, 3.63) is 58.9 Å². The molecule has 21 heavy (non-hydrogen) atoms. The highest BCUT2D eigenvalue weighted by molar-refractivity contribution is 5.43. The van der Waals surface area contributed by atoms with Crippen LogP contribution in [0.4, 0.5) is 13.2 Å². The number of rotatable bonds is 4. The summed E-state index contributed by atoms with van der Waals surface area (Å²) in [7, 11) is 1.73. The maximum absolute atomic E-state index is 13.7. The van der Waals surface area contributed by atoms with Crippen LogP contribution in [0.25, 0.3) is 0 Å². The van der Waals surface area contributed by atoms with Gasteiger partial charge in [-0.15, -0.1) is 0 Å². The molecule has 0 fully saturated rings. The fraction of sp³-hybridized carbons (Fsp3) is 0.250. The van der Waals surface area contributed by atoms with E-state index in [0.717, 1.165) is 12.1 Å². The van der Waals surface area contributed by atoms with Gasteiger partial charge >= 0.3 is 0 Å². The second kappa shape index (κ2) is 6.18. The van der Waals surface area contributed by atoms with Crippen molar-refractivity contribution in [1.82, 2.24) is 5.32 Å². The first-order valence-electron chi connectivity index (χ1n) is 6.52. The van der Waals surface area contributed by atoms with Crippen molar-refractivity contribution in [3.63, 3.8) is 0 Å². The number of ether oxygens (including phenoxy) is 1. The second-order valence-corrected chi connectivity index (χ2v) is 4.83. The van der Waals surface area contributed by atoms with Gasteiger partial charge in [0.15, 0.2) is 11.6 Å². The van der Waals surface area contributed by atoms with Crippen molar-refractivity contribution < 1.29 is 17.9 Å². The molecule has 2 aromatic carbocycles. The van der Waals surface area contributed by atoms with Gasteiger partial charge in [0.25, 0.3) is 0 Å². The van der Waals surface area contributed by atoms with E-state index in [1.165, 1.54) is 18.2 Å². The average molecular weight is 295 g/mol. The summed E-state index contributed by atoms with van der Waals surface area (Å²) in [6, 6.07) is 5.73. The summed E-state index contributed by atoms with van der Waals surface area (Å²) in [5, 5.41) is 2.98. The third-order valence-electron chi connectivity index (χ3n) is 3.30. The molecule has 0 saturated carbocycles. The Morgan fingerprint density at radius 2 is 1.71 bits per heavy atom. The predicted octanol–water partition coefficient (Wildman–Crippen LogP) is 4.49. The van der Waals surface area contributed by atoms with E-state index in [0.29, 0.717) is 16.9 Å². The maximum atomic E-state index is 13.7. The number of nitrogens with one attached hydrogen (secondary N) is 1. The summed E-state index contributed by atoms with van der Waals surface area (Å²) in [5.74, 6) is -1.62. The van der Waals surface area contributed by atoms with Gasteiger partial charge < -0.3 is 10.1 Å². The summed E-state index contributed by atoms with van der Waals surface area (Å²) in [4.78, 5) is 0. The summed E-state index contributed by atoms with van der Waals surface area (Å²) in [5.41, 5.74) is 0.948. The van der Waals surface area contributed by atoms with Gasteiger partial charge in [0.2, 0.25) is 0 Å². The highest BCUT2D eigenvalue weighted by atomic mass is 19.1. The summed E-state index contributed by atoms with van der Waals surface area (Å²) < 4.78 is 45.8. The molecule has 1 atom stereocenters. The van der Waals surface area contributed by atoms with E-state index in [9.17, 15) is 13.2 Å². The van der Waals surface area contributed by atoms with Crippen LogP contribution in [0.3, 0.4) is 0 Å². The van der Waals surface area contributed by atoms with Crippen LogP contribution in [0.15, 0.2) is 30.3 Å². The lowest BCUT2D eigenvalue weighted by Gasteiger charge is -2.18. The zero-order valence-corrected chi connectivity index (χ0v) is 12.0. The van der Waals surface area contributed by atoms with Crippen LogP contribution in [-0.4, -0.2) is 7.05 Å². The first-order valence-corrected chi connectivity index (χ1v) is 6.52. The molecule has 0 heterocycles. The lowest BCUT2D eigenvalue weighted by molar-refractivity contribution is 0.425. The summed E-state index contributed by atoms with van der Waals surface area (Å²) in [6.07, 6.45) is 0. The Morgan fingerprint density at radius 1 is 1.00 bits per heavy atom. The molecule has 0 aromatic heterocycles. The molecule has 0 spiro atoms. The Bertz CT molecular complexity index is 658. The molecule has 0 aliphatic heterocycles. The largest absolute Gasteiger partial charge is 0.454 e. The van der Waals surface area contributed by atoms with E-state index >= 15 is 0 Å². The van der Waals surface area contributed by atoms with Crippen molar-refractivity contribution in [3.8, 4) is 11.5 Å². The highest BCUT2D eigenvalue weighted by Crippen LogP contribution is 2.33. The Hall–Kier alpha value is -2.01. The Morgan fingerprint density at radius 3 is 2.33 bits per heavy atom. The fourth-order valence-electron chi connectivity index (χ4n) is 1.93. The molecule has 0 amide bonds. The van der Waals surface area contributed by atoms with Crippen LogP contribution >= 0.6 is 0 Å². The minimum Gasteiger partial charge on any atom is -0.454 e. The third-order valence-corrected chi connectivity index (χ3v) is 3.30. The quantitative estimate of drug-likeness (QED) is 0.897. The second-order valence-electron chi connectivity index (χ2n) is 4.83. The zero-order valence-electron chi connectivity index (χ0n) is 12.0. The molecular weight excluding hydrogens is 279 g/mol. The number of aryl methyl sites for hydroxylation is 1. The topological polar surface area (TPSA) is 21.3 Å².